The van der Waals surface area contributed by atoms with Crippen LogP contribution in [0.15, 0.2) is 60.7 Å². The molecular formula is C34H49NO9Si. The fourth-order valence-corrected chi connectivity index (χ4v) is 9.42. The Hall–Kier alpha value is -3.70. The minimum Gasteiger partial charge on any atom is -0.469 e. The summed E-state index contributed by atoms with van der Waals surface area (Å²) in [6.45, 7) is 16.0. The summed E-state index contributed by atoms with van der Waals surface area (Å²) in [6, 6.07) is 18.5. The number of carbonyl (C=O) groups excluding carboxylic acids is 4. The highest BCUT2D eigenvalue weighted by atomic mass is 28.4. The summed E-state index contributed by atoms with van der Waals surface area (Å²) in [7, 11) is -1.72. The van der Waals surface area contributed by atoms with Gasteiger partial charge < -0.3 is 23.4 Å². The third-order valence-electron chi connectivity index (χ3n) is 6.67. The minimum atomic E-state index is -2.92. The van der Waals surface area contributed by atoms with Gasteiger partial charge in [0.25, 0.3) is 8.32 Å². The second kappa shape index (κ2) is 15.5. The summed E-state index contributed by atoms with van der Waals surface area (Å²) < 4.78 is 28.1. The molecule has 0 aliphatic heterocycles. The van der Waals surface area contributed by atoms with E-state index in [1.165, 1.54) is 7.11 Å². The van der Waals surface area contributed by atoms with Gasteiger partial charge in [0.2, 0.25) is 0 Å². The number of rotatable bonds is 11. The zero-order valence-corrected chi connectivity index (χ0v) is 29.3. The van der Waals surface area contributed by atoms with Crippen LogP contribution in [-0.4, -0.2) is 74.9 Å². The maximum Gasteiger partial charge on any atom is 0.420 e. The molecule has 1 atom stereocenters. The Morgan fingerprint density at radius 2 is 1.20 bits per heavy atom. The maximum atomic E-state index is 13.6. The number of ether oxygens (including phenoxy) is 4. The molecule has 2 amide bonds. The third kappa shape index (κ3) is 10.7. The van der Waals surface area contributed by atoms with Gasteiger partial charge in [-0.2, -0.15) is 4.90 Å². The Bertz CT molecular complexity index is 1240. The van der Waals surface area contributed by atoms with Gasteiger partial charge in [-0.3, -0.25) is 4.79 Å². The molecule has 0 saturated carbocycles. The largest absolute Gasteiger partial charge is 0.469 e. The van der Waals surface area contributed by atoms with Gasteiger partial charge in [-0.25, -0.2) is 14.4 Å². The fourth-order valence-electron chi connectivity index (χ4n) is 4.87. The highest BCUT2D eigenvalue weighted by molar-refractivity contribution is 6.99. The molecule has 0 aliphatic rings. The first-order valence-electron chi connectivity index (χ1n) is 15.1. The zero-order chi connectivity index (χ0) is 34.1. The monoisotopic (exact) mass is 643 g/mol. The molecular weight excluding hydrogens is 594 g/mol. The van der Waals surface area contributed by atoms with Crippen LogP contribution in [-0.2, 0) is 33.0 Å². The van der Waals surface area contributed by atoms with Crippen LogP contribution in [0, 0.1) is 0 Å². The van der Waals surface area contributed by atoms with E-state index in [-0.39, 0.29) is 31.1 Å². The van der Waals surface area contributed by atoms with E-state index >= 15 is 0 Å². The van der Waals surface area contributed by atoms with Gasteiger partial charge in [-0.05, 0) is 63.4 Å². The number of nitrogens with zero attached hydrogens (tertiary/aromatic N) is 1. The van der Waals surface area contributed by atoms with E-state index in [0.717, 1.165) is 10.4 Å². The van der Waals surface area contributed by atoms with Crippen molar-refractivity contribution < 1.29 is 42.6 Å². The van der Waals surface area contributed by atoms with Crippen molar-refractivity contribution in [3.05, 3.63) is 60.7 Å². The van der Waals surface area contributed by atoms with E-state index in [2.05, 4.69) is 20.8 Å². The Morgan fingerprint density at radius 1 is 0.711 bits per heavy atom. The van der Waals surface area contributed by atoms with Crippen LogP contribution in [0.3, 0.4) is 0 Å². The molecule has 0 bridgehead atoms. The zero-order valence-electron chi connectivity index (χ0n) is 28.3. The van der Waals surface area contributed by atoms with Crippen LogP contribution < -0.4 is 10.4 Å². The Balaban J connectivity index is 2.41. The smallest absolute Gasteiger partial charge is 0.420 e. The van der Waals surface area contributed by atoms with Gasteiger partial charge >= 0.3 is 24.1 Å². The van der Waals surface area contributed by atoms with E-state index in [1.54, 1.807) is 41.5 Å². The van der Waals surface area contributed by atoms with E-state index in [1.807, 2.05) is 60.7 Å². The highest BCUT2D eigenvalue weighted by Gasteiger charge is 2.50. The molecule has 248 valence electrons. The Kier molecular flexibility index (Phi) is 12.9. The number of amides is 2. The van der Waals surface area contributed by atoms with Crippen molar-refractivity contribution in [3.8, 4) is 0 Å². The summed E-state index contributed by atoms with van der Waals surface area (Å²) in [5, 5.41) is 1.80. The lowest BCUT2D eigenvalue weighted by molar-refractivity contribution is -0.161. The quantitative estimate of drug-likeness (QED) is 0.133. The standard InChI is InChI=1S/C34H49NO9Si/c1-32(2,3)43-29(37)27(21-22-28(36)40-10)35(31(39)44-33(4,5)6)30(38)41-23-24-42-45(34(7,8)9,25-17-13-11-14-18-25)26-19-15-12-16-20-26/h11-20,27H,21-24H2,1-10H3/t27-/m0/s1. The number of hydrogen-bond acceptors (Lipinski definition) is 9. The Morgan fingerprint density at radius 3 is 1.62 bits per heavy atom. The number of imide groups is 1. The van der Waals surface area contributed by atoms with Gasteiger partial charge in [0.15, 0.2) is 0 Å². The molecule has 45 heavy (non-hydrogen) atoms. The van der Waals surface area contributed by atoms with Crippen LogP contribution in [0.5, 0.6) is 0 Å². The molecule has 0 spiro atoms. The average Bonchev–Trinajstić information content (AvgIpc) is 2.93. The first-order valence-corrected chi connectivity index (χ1v) is 17.0. The lowest BCUT2D eigenvalue weighted by Gasteiger charge is -2.43. The third-order valence-corrected chi connectivity index (χ3v) is 11.7. The van der Waals surface area contributed by atoms with Crippen molar-refractivity contribution in [2.24, 2.45) is 0 Å². The summed E-state index contributed by atoms with van der Waals surface area (Å²) in [5.74, 6) is -1.52. The molecule has 0 N–H and O–H groups in total. The van der Waals surface area contributed by atoms with Crippen molar-refractivity contribution in [1.82, 2.24) is 4.90 Å². The molecule has 0 aliphatic carbocycles. The normalized spacial score (nSPS) is 12.9. The number of benzene rings is 2. The average molecular weight is 644 g/mol. The van der Waals surface area contributed by atoms with Gasteiger partial charge in [0.1, 0.15) is 23.9 Å². The van der Waals surface area contributed by atoms with Crippen LogP contribution in [0.4, 0.5) is 9.59 Å². The lowest BCUT2D eigenvalue weighted by Crippen LogP contribution is -2.66. The van der Waals surface area contributed by atoms with Gasteiger partial charge in [0, 0.05) is 6.42 Å². The SMILES string of the molecule is COC(=O)CC[C@@H](C(=O)OC(C)(C)C)N(C(=O)OCCO[Si](c1ccccc1)(c1ccccc1)C(C)(C)C)C(=O)OC(C)(C)C. The van der Waals surface area contributed by atoms with Gasteiger partial charge in [-0.1, -0.05) is 81.4 Å². The maximum absolute atomic E-state index is 13.6. The molecule has 0 aromatic heterocycles. The molecule has 0 fully saturated rings. The summed E-state index contributed by atoms with van der Waals surface area (Å²) in [6.07, 6.45) is -2.75. The minimum absolute atomic E-state index is 0.0143. The van der Waals surface area contributed by atoms with Crippen molar-refractivity contribution in [2.45, 2.75) is 97.4 Å². The van der Waals surface area contributed by atoms with Crippen molar-refractivity contribution >= 4 is 42.8 Å². The highest BCUT2D eigenvalue weighted by Crippen LogP contribution is 2.36. The lowest BCUT2D eigenvalue weighted by atomic mass is 10.1. The second-order valence-corrected chi connectivity index (χ2v) is 17.9. The molecule has 2 rings (SSSR count). The van der Waals surface area contributed by atoms with Gasteiger partial charge in [0.05, 0.1) is 13.7 Å². The fraction of sp³-hybridized carbons (Fsp3) is 0.529. The number of methoxy groups -OCH3 is 1. The summed E-state index contributed by atoms with van der Waals surface area (Å²) in [4.78, 5) is 52.8. The van der Waals surface area contributed by atoms with E-state index in [4.69, 9.17) is 23.4 Å². The molecule has 10 nitrogen and oxygen atoms in total. The van der Waals surface area contributed by atoms with Crippen molar-refractivity contribution in [1.29, 1.82) is 0 Å². The first-order chi connectivity index (χ1) is 20.8. The molecule has 0 radical (unpaired) electrons. The van der Waals surface area contributed by atoms with Crippen LogP contribution >= 0.6 is 0 Å². The first kappa shape index (κ1) is 37.5. The summed E-state index contributed by atoms with van der Waals surface area (Å²) in [5.41, 5.74) is -1.93. The number of hydrogen-bond donors (Lipinski definition) is 0. The molecule has 0 saturated heterocycles. The topological polar surface area (TPSA) is 118 Å². The predicted molar refractivity (Wildman–Crippen MR) is 174 cm³/mol. The predicted octanol–water partition coefficient (Wildman–Crippen LogP) is 5.60. The van der Waals surface area contributed by atoms with Gasteiger partial charge in [-0.15, -0.1) is 0 Å². The number of esters is 2. The number of carbonyl (C=O) groups is 4. The van der Waals surface area contributed by atoms with Crippen molar-refractivity contribution in [2.75, 3.05) is 20.3 Å². The van der Waals surface area contributed by atoms with Crippen LogP contribution in [0.1, 0.15) is 75.2 Å². The molecule has 2 aromatic rings. The van der Waals surface area contributed by atoms with E-state index < -0.39 is 49.7 Å². The Labute approximate surface area is 268 Å². The van der Waals surface area contributed by atoms with Crippen LogP contribution in [0.2, 0.25) is 5.04 Å². The van der Waals surface area contributed by atoms with Crippen LogP contribution in [0.25, 0.3) is 0 Å². The molecule has 0 unspecified atom stereocenters. The summed E-state index contributed by atoms with van der Waals surface area (Å²) >= 11 is 0. The molecule has 11 heteroatoms. The molecule has 0 heterocycles. The second-order valence-electron chi connectivity index (χ2n) is 13.6. The van der Waals surface area contributed by atoms with E-state index in [9.17, 15) is 19.2 Å². The molecule has 2 aromatic carbocycles. The van der Waals surface area contributed by atoms with Crippen molar-refractivity contribution in [3.63, 3.8) is 0 Å². The van der Waals surface area contributed by atoms with E-state index in [0.29, 0.717) is 4.90 Å².